The summed E-state index contributed by atoms with van der Waals surface area (Å²) in [5.41, 5.74) is 0. The number of methoxy groups -OCH3 is 1. The summed E-state index contributed by atoms with van der Waals surface area (Å²) in [4.78, 5) is 25.1. The normalized spacial score (nSPS) is 26.4. The van der Waals surface area contributed by atoms with Crippen molar-refractivity contribution in [3.63, 3.8) is 0 Å². The Balaban J connectivity index is 1.80. The number of hydrogen-bond acceptors (Lipinski definition) is 3. The van der Waals surface area contributed by atoms with Crippen LogP contribution in [-0.4, -0.2) is 54.9 Å². The summed E-state index contributed by atoms with van der Waals surface area (Å²) >= 11 is 0. The van der Waals surface area contributed by atoms with Crippen LogP contribution in [0.4, 0.5) is 4.79 Å². The number of ether oxygens (including phenoxy) is 1. The molecule has 1 heterocycles. The minimum absolute atomic E-state index is 0.232. The van der Waals surface area contributed by atoms with Crippen molar-refractivity contribution < 1.29 is 19.4 Å². The number of nitrogens with one attached hydrogen (secondary N) is 1. The third-order valence-electron chi connectivity index (χ3n) is 4.45. The molecule has 0 aromatic rings. The summed E-state index contributed by atoms with van der Waals surface area (Å²) in [5.74, 6) is 0.267. The van der Waals surface area contributed by atoms with Crippen LogP contribution in [-0.2, 0) is 9.53 Å². The van der Waals surface area contributed by atoms with Crippen LogP contribution in [0.3, 0.4) is 0 Å². The lowest BCUT2D eigenvalue weighted by Gasteiger charge is -2.21. The number of hydrogen-bond donors (Lipinski definition) is 2. The van der Waals surface area contributed by atoms with E-state index in [4.69, 9.17) is 9.84 Å². The number of carboxylic acid groups (broad SMARTS) is 1. The predicted octanol–water partition coefficient (Wildman–Crippen LogP) is 1.31. The molecule has 1 aliphatic heterocycles. The molecule has 20 heavy (non-hydrogen) atoms. The largest absolute Gasteiger partial charge is 0.480 e. The van der Waals surface area contributed by atoms with Gasteiger partial charge in [0.15, 0.2) is 0 Å². The zero-order chi connectivity index (χ0) is 14.5. The first kappa shape index (κ1) is 15.1. The highest BCUT2D eigenvalue weighted by Gasteiger charge is 2.38. The van der Waals surface area contributed by atoms with Crippen LogP contribution in [0.15, 0.2) is 0 Å². The van der Waals surface area contributed by atoms with Crippen LogP contribution < -0.4 is 5.32 Å². The molecule has 0 aromatic carbocycles. The van der Waals surface area contributed by atoms with Crippen molar-refractivity contribution in [3.05, 3.63) is 0 Å². The number of amides is 2. The molecule has 0 aromatic heterocycles. The van der Waals surface area contributed by atoms with E-state index in [0.29, 0.717) is 31.3 Å². The number of carbonyl (C=O) groups is 2. The Bertz CT molecular complexity index is 349. The molecule has 0 bridgehead atoms. The number of aliphatic carboxylic acids is 1. The first-order valence-electron chi connectivity index (χ1n) is 7.39. The van der Waals surface area contributed by atoms with Crippen LogP contribution in [0, 0.1) is 11.8 Å². The SMILES string of the molecule is COCCCC(NC(=O)N1CC2CCCC2C1)C(=O)O. The molecule has 2 fully saturated rings. The van der Waals surface area contributed by atoms with Crippen molar-refractivity contribution >= 4 is 12.0 Å². The molecule has 6 heteroatoms. The van der Waals surface area contributed by atoms with Gasteiger partial charge in [-0.25, -0.2) is 9.59 Å². The molecule has 1 saturated heterocycles. The minimum Gasteiger partial charge on any atom is -0.480 e. The minimum atomic E-state index is -0.978. The smallest absolute Gasteiger partial charge is 0.326 e. The van der Waals surface area contributed by atoms with E-state index in [0.717, 1.165) is 13.1 Å². The molecular formula is C14H24N2O4. The quantitative estimate of drug-likeness (QED) is 0.721. The fourth-order valence-electron chi connectivity index (χ4n) is 3.33. The summed E-state index contributed by atoms with van der Waals surface area (Å²) in [6.45, 7) is 2.06. The van der Waals surface area contributed by atoms with Crippen molar-refractivity contribution in [2.45, 2.75) is 38.1 Å². The standard InChI is InChI=1S/C14H24N2O4/c1-20-7-3-6-12(13(17)18)15-14(19)16-8-10-4-2-5-11(10)9-16/h10-12H,2-9H2,1H3,(H,15,19)(H,17,18). The summed E-state index contributed by atoms with van der Waals surface area (Å²) < 4.78 is 4.91. The first-order chi connectivity index (χ1) is 9.61. The molecular weight excluding hydrogens is 260 g/mol. The van der Waals surface area contributed by atoms with Crippen molar-refractivity contribution in [1.82, 2.24) is 10.2 Å². The Morgan fingerprint density at radius 2 is 2.00 bits per heavy atom. The van der Waals surface area contributed by atoms with E-state index in [1.165, 1.54) is 19.3 Å². The van der Waals surface area contributed by atoms with Gasteiger partial charge >= 0.3 is 12.0 Å². The van der Waals surface area contributed by atoms with Gasteiger partial charge in [0, 0.05) is 26.8 Å². The molecule has 3 atom stereocenters. The average Bonchev–Trinajstić information content (AvgIpc) is 2.98. The zero-order valence-electron chi connectivity index (χ0n) is 12.0. The van der Waals surface area contributed by atoms with Crippen LogP contribution in [0.1, 0.15) is 32.1 Å². The molecule has 0 spiro atoms. The van der Waals surface area contributed by atoms with Crippen LogP contribution in [0.25, 0.3) is 0 Å². The van der Waals surface area contributed by atoms with Crippen molar-refractivity contribution in [3.8, 4) is 0 Å². The summed E-state index contributed by atoms with van der Waals surface area (Å²) in [5, 5.41) is 11.8. The van der Waals surface area contributed by atoms with Gasteiger partial charge in [0.05, 0.1) is 0 Å². The number of fused-ring (bicyclic) bond motifs is 1. The van der Waals surface area contributed by atoms with Gasteiger partial charge in [-0.1, -0.05) is 6.42 Å². The van der Waals surface area contributed by atoms with Gasteiger partial charge in [-0.05, 0) is 37.5 Å². The molecule has 1 saturated carbocycles. The Morgan fingerprint density at radius 3 is 2.55 bits per heavy atom. The second-order valence-corrected chi connectivity index (χ2v) is 5.83. The predicted molar refractivity (Wildman–Crippen MR) is 73.5 cm³/mol. The van der Waals surface area contributed by atoms with Gasteiger partial charge in [0.1, 0.15) is 6.04 Å². The van der Waals surface area contributed by atoms with Gasteiger partial charge in [-0.2, -0.15) is 0 Å². The Morgan fingerprint density at radius 1 is 1.35 bits per heavy atom. The van der Waals surface area contributed by atoms with Gasteiger partial charge in [0.25, 0.3) is 0 Å². The topological polar surface area (TPSA) is 78.9 Å². The summed E-state index contributed by atoms with van der Waals surface area (Å²) in [6.07, 6.45) is 4.68. The fourth-order valence-corrected chi connectivity index (χ4v) is 3.33. The Hall–Kier alpha value is -1.30. The second-order valence-electron chi connectivity index (χ2n) is 5.83. The number of urea groups is 1. The van der Waals surface area contributed by atoms with Gasteiger partial charge in [-0.3, -0.25) is 0 Å². The van der Waals surface area contributed by atoms with E-state index >= 15 is 0 Å². The molecule has 114 valence electrons. The zero-order valence-corrected chi connectivity index (χ0v) is 12.0. The molecule has 1 aliphatic carbocycles. The van der Waals surface area contributed by atoms with E-state index in [1.54, 1.807) is 12.0 Å². The van der Waals surface area contributed by atoms with Crippen molar-refractivity contribution in [1.29, 1.82) is 0 Å². The highest BCUT2D eigenvalue weighted by atomic mass is 16.5. The third-order valence-corrected chi connectivity index (χ3v) is 4.45. The molecule has 2 amide bonds. The van der Waals surface area contributed by atoms with E-state index in [-0.39, 0.29) is 6.03 Å². The van der Waals surface area contributed by atoms with E-state index in [1.807, 2.05) is 0 Å². The number of nitrogens with zero attached hydrogens (tertiary/aromatic N) is 1. The van der Waals surface area contributed by atoms with Crippen molar-refractivity contribution in [2.24, 2.45) is 11.8 Å². The van der Waals surface area contributed by atoms with Crippen molar-refractivity contribution in [2.75, 3.05) is 26.8 Å². The second kappa shape index (κ2) is 6.92. The summed E-state index contributed by atoms with van der Waals surface area (Å²) in [7, 11) is 1.58. The molecule has 2 aliphatic rings. The van der Waals surface area contributed by atoms with Gasteiger partial charge in [-0.15, -0.1) is 0 Å². The number of rotatable bonds is 6. The maximum absolute atomic E-state index is 12.1. The molecule has 3 unspecified atom stereocenters. The van der Waals surface area contributed by atoms with Crippen LogP contribution in [0.2, 0.25) is 0 Å². The molecule has 0 radical (unpaired) electrons. The highest BCUT2D eigenvalue weighted by Crippen LogP contribution is 2.37. The van der Waals surface area contributed by atoms with Crippen LogP contribution >= 0.6 is 0 Å². The van der Waals surface area contributed by atoms with E-state index in [2.05, 4.69) is 5.32 Å². The van der Waals surface area contributed by atoms with Gasteiger partial charge in [0.2, 0.25) is 0 Å². The third kappa shape index (κ3) is 3.62. The number of carbonyl (C=O) groups excluding carboxylic acids is 1. The maximum atomic E-state index is 12.1. The number of likely N-dealkylation sites (tertiary alicyclic amines) is 1. The first-order valence-corrected chi connectivity index (χ1v) is 7.39. The van der Waals surface area contributed by atoms with Crippen LogP contribution in [0.5, 0.6) is 0 Å². The molecule has 6 nitrogen and oxygen atoms in total. The molecule has 2 N–H and O–H groups in total. The Labute approximate surface area is 119 Å². The monoisotopic (exact) mass is 284 g/mol. The van der Waals surface area contributed by atoms with Gasteiger partial charge < -0.3 is 20.1 Å². The number of carboxylic acids is 1. The fraction of sp³-hybridized carbons (Fsp3) is 0.857. The van der Waals surface area contributed by atoms with E-state index < -0.39 is 12.0 Å². The highest BCUT2D eigenvalue weighted by molar-refractivity contribution is 5.82. The average molecular weight is 284 g/mol. The lowest BCUT2D eigenvalue weighted by Crippen LogP contribution is -2.47. The lowest BCUT2D eigenvalue weighted by atomic mass is 10.0. The maximum Gasteiger partial charge on any atom is 0.326 e. The van der Waals surface area contributed by atoms with E-state index in [9.17, 15) is 9.59 Å². The Kier molecular flexibility index (Phi) is 5.23. The molecule has 2 rings (SSSR count). The lowest BCUT2D eigenvalue weighted by molar-refractivity contribution is -0.139. The summed E-state index contributed by atoms with van der Waals surface area (Å²) in [6, 6.07) is -1.05.